The zero-order valence-electron chi connectivity index (χ0n) is 17.6. The molecule has 7 atom stereocenters. The lowest BCUT2D eigenvalue weighted by molar-refractivity contribution is -0.0831. The van der Waals surface area contributed by atoms with Gasteiger partial charge in [-0.3, -0.25) is 9.09 Å². The largest absolute Gasteiger partial charge is 0.490 e. The lowest BCUT2D eigenvalue weighted by Crippen LogP contribution is -2.47. The molecule has 1 fully saturated rings. The van der Waals surface area contributed by atoms with Crippen molar-refractivity contribution in [1.82, 2.24) is 19.5 Å². The molecule has 0 radical (unpaired) electrons. The molecule has 21 heteroatoms. The Morgan fingerprint density at radius 2 is 1.91 bits per heavy atom. The molecule has 1 saturated heterocycles. The number of nitrogens with one attached hydrogen (secondary N) is 1. The minimum Gasteiger partial charge on any atom is -0.386 e. The summed E-state index contributed by atoms with van der Waals surface area (Å²) >= 11 is 5.14. The lowest BCUT2D eigenvalue weighted by Gasteiger charge is -2.27. The highest BCUT2D eigenvalue weighted by atomic mass is 32.1. The molecule has 35 heavy (non-hydrogen) atoms. The molecule has 2 aromatic rings. The smallest absolute Gasteiger partial charge is 0.386 e. The number of terminal acetylenes is 1. The van der Waals surface area contributed by atoms with Gasteiger partial charge in [-0.25, -0.2) is 23.7 Å². The van der Waals surface area contributed by atoms with Crippen molar-refractivity contribution >= 4 is 46.8 Å². The van der Waals surface area contributed by atoms with Gasteiger partial charge in [-0.1, -0.05) is 18.1 Å². The number of aromatic nitrogens is 4. The third kappa shape index (κ3) is 5.96. The fraction of sp³-hybridized carbons (Fsp3) is 0.500. The minimum atomic E-state index is -5.78. The second-order valence-corrected chi connectivity index (χ2v) is 12.0. The van der Waals surface area contributed by atoms with Gasteiger partial charge in [-0.15, -0.1) is 6.42 Å². The molecule has 3 rings (SSSR count). The lowest BCUT2D eigenvalue weighted by atomic mass is 9.93. The van der Waals surface area contributed by atoms with Crippen LogP contribution in [0.4, 0.5) is 0 Å². The first-order valence-corrected chi connectivity index (χ1v) is 14.1. The van der Waals surface area contributed by atoms with E-state index in [4.69, 9.17) is 33.2 Å². The summed E-state index contributed by atoms with van der Waals surface area (Å²) < 4.78 is 53.4. The van der Waals surface area contributed by atoms with Gasteiger partial charge < -0.3 is 39.5 Å². The van der Waals surface area contributed by atoms with E-state index >= 15 is 0 Å². The number of aliphatic hydroxyl groups excluding tert-OH is 1. The summed E-state index contributed by atoms with van der Waals surface area (Å²) in [6.07, 6.45) is -0.182. The van der Waals surface area contributed by atoms with Crippen molar-refractivity contribution in [2.24, 2.45) is 0 Å². The maximum absolute atomic E-state index is 12.1. The van der Waals surface area contributed by atoms with Gasteiger partial charge >= 0.3 is 23.5 Å². The van der Waals surface area contributed by atoms with Crippen LogP contribution in [0.5, 0.6) is 0 Å². The van der Waals surface area contributed by atoms with Crippen LogP contribution in [0.3, 0.4) is 0 Å². The summed E-state index contributed by atoms with van der Waals surface area (Å²) in [5, 5.41) is 21.7. The molecule has 0 bridgehead atoms. The number of fused-ring (bicyclic) bond motifs is 1. The predicted octanol–water partition coefficient (Wildman–Crippen LogP) is 0.152. The average molecular weight is 576 g/mol. The predicted molar refractivity (Wildman–Crippen MR) is 116 cm³/mol. The van der Waals surface area contributed by atoms with Crippen LogP contribution in [0.25, 0.3) is 11.2 Å². The molecule has 3 heterocycles. The first-order valence-electron chi connectivity index (χ1n) is 9.18. The maximum atomic E-state index is 12.1. The third-order valence-electron chi connectivity index (χ3n) is 4.65. The fourth-order valence-corrected chi connectivity index (χ4v) is 6.80. The molecular formula is C14H19N4O13P3S. The topological polar surface area (TPSA) is 256 Å². The van der Waals surface area contributed by atoms with Crippen molar-refractivity contribution in [1.29, 1.82) is 0 Å². The minimum absolute atomic E-state index is 0.121. The third-order valence-corrected chi connectivity index (χ3v) is 8.86. The summed E-state index contributed by atoms with van der Waals surface area (Å²) in [5.41, 5.74) is -2.01. The van der Waals surface area contributed by atoms with Crippen molar-refractivity contribution in [2.45, 2.75) is 44.0 Å². The van der Waals surface area contributed by atoms with E-state index < -0.39 is 53.6 Å². The number of hydrogen-bond donors (Lipinski definition) is 7. The molecule has 0 aliphatic carbocycles. The molecule has 1 aliphatic rings. The van der Waals surface area contributed by atoms with Crippen LogP contribution in [0.15, 0.2) is 6.33 Å². The Morgan fingerprint density at radius 1 is 1.29 bits per heavy atom. The van der Waals surface area contributed by atoms with Gasteiger partial charge in [0.05, 0.1) is 12.4 Å². The van der Waals surface area contributed by atoms with Crippen LogP contribution in [0.2, 0.25) is 0 Å². The molecule has 0 spiro atoms. The molecule has 3 unspecified atom stereocenters. The van der Waals surface area contributed by atoms with Gasteiger partial charge in [0.2, 0.25) is 0 Å². The van der Waals surface area contributed by atoms with Crippen LogP contribution in [-0.4, -0.2) is 73.2 Å². The Hall–Kier alpha value is -1.38. The zero-order chi connectivity index (χ0) is 26.6. The number of aryl methyl sites for hydroxylation is 1. The number of imidazole rings is 1. The second kappa shape index (κ2) is 9.49. The Labute approximate surface area is 201 Å². The standard InChI is InChI=1S/C14H19N4O13P3S/c1-4-14(20)10(19)9(6(2)29-33(24,25)31-34(26,27)30-32(21,22)23)28-13(14)18-5-15-8-11(18)16-7(3)17-12(8)35/h1,5-6,9-10,13,19-20H,2-3H3,(H,24,25)(H,26,27)(H,16,17,35)(H2,21,22,23)/t6-,9-,10+,13-,14?/m1/s1. The van der Waals surface area contributed by atoms with Gasteiger partial charge in [0, 0.05) is 0 Å². The summed E-state index contributed by atoms with van der Waals surface area (Å²) in [4.78, 5) is 47.2. The highest BCUT2D eigenvalue weighted by molar-refractivity contribution is 7.71. The number of nitrogens with zero attached hydrogens (tertiary/aromatic N) is 3. The molecule has 0 saturated carbocycles. The Balaban J connectivity index is 1.89. The Kier molecular flexibility index (Phi) is 7.65. The van der Waals surface area contributed by atoms with E-state index in [2.05, 4.69) is 28.1 Å². The molecule has 7 N–H and O–H groups in total. The summed E-state index contributed by atoms with van der Waals surface area (Å²) in [6, 6.07) is 0. The van der Waals surface area contributed by atoms with Gasteiger partial charge in [-0.05, 0) is 13.8 Å². The van der Waals surface area contributed by atoms with E-state index in [0.29, 0.717) is 5.82 Å². The number of rotatable bonds is 8. The Bertz CT molecular complexity index is 1380. The summed E-state index contributed by atoms with van der Waals surface area (Å²) in [5.74, 6) is 2.38. The normalized spacial score (nSPS) is 29.4. The van der Waals surface area contributed by atoms with E-state index in [9.17, 15) is 33.7 Å². The van der Waals surface area contributed by atoms with Gasteiger partial charge in [0.25, 0.3) is 0 Å². The van der Waals surface area contributed by atoms with E-state index in [1.165, 1.54) is 10.9 Å². The molecule has 0 amide bonds. The SMILES string of the molecule is C#CC1(O)[C@@H](O)[C@@H]([C@@H](C)OP(=O)(O)OP(=O)(O)OP(=O)(O)O)O[C@H]1n1cnc2c(=S)nc(C)[nH]c21. The van der Waals surface area contributed by atoms with Crippen molar-refractivity contribution in [3.05, 3.63) is 16.8 Å². The average Bonchev–Trinajstić information content (AvgIpc) is 3.18. The van der Waals surface area contributed by atoms with Crippen LogP contribution in [0, 0.1) is 23.9 Å². The summed E-state index contributed by atoms with van der Waals surface area (Å²) in [7, 11) is -16.9. The molecule has 2 aromatic heterocycles. The second-order valence-electron chi connectivity index (χ2n) is 7.25. The molecule has 0 aromatic carbocycles. The van der Waals surface area contributed by atoms with Gasteiger partial charge in [0.15, 0.2) is 16.5 Å². The summed E-state index contributed by atoms with van der Waals surface area (Å²) in [6.45, 7) is 2.65. The van der Waals surface area contributed by atoms with Crippen molar-refractivity contribution in [2.75, 3.05) is 0 Å². The number of H-pyrrole nitrogens is 1. The van der Waals surface area contributed by atoms with Gasteiger partial charge in [-0.2, -0.15) is 8.62 Å². The number of hydrogen-bond acceptors (Lipinski definition) is 12. The Morgan fingerprint density at radius 3 is 2.49 bits per heavy atom. The fourth-order valence-electron chi connectivity index (χ4n) is 3.32. The van der Waals surface area contributed by atoms with E-state index in [1.807, 2.05) is 5.92 Å². The van der Waals surface area contributed by atoms with Crippen LogP contribution in [0.1, 0.15) is 19.0 Å². The van der Waals surface area contributed by atoms with E-state index in [-0.39, 0.29) is 15.8 Å². The molecule has 194 valence electrons. The van der Waals surface area contributed by atoms with Crippen molar-refractivity contribution in [3.8, 4) is 12.3 Å². The number of phosphoric ester groups is 1. The van der Waals surface area contributed by atoms with Crippen LogP contribution < -0.4 is 0 Å². The van der Waals surface area contributed by atoms with E-state index in [0.717, 1.165) is 6.92 Å². The van der Waals surface area contributed by atoms with Crippen LogP contribution in [-0.2, 0) is 31.6 Å². The first-order chi connectivity index (χ1) is 15.9. The van der Waals surface area contributed by atoms with Gasteiger partial charge in [0.1, 0.15) is 29.2 Å². The monoisotopic (exact) mass is 576 g/mol. The maximum Gasteiger partial charge on any atom is 0.490 e. The molecule has 17 nitrogen and oxygen atoms in total. The van der Waals surface area contributed by atoms with Crippen molar-refractivity contribution < 1.29 is 61.4 Å². The first kappa shape index (κ1) is 28.2. The number of aliphatic hydroxyl groups is 2. The molecular weight excluding hydrogens is 557 g/mol. The highest BCUT2D eigenvalue weighted by Crippen LogP contribution is 2.66. The van der Waals surface area contributed by atoms with Crippen molar-refractivity contribution in [3.63, 3.8) is 0 Å². The number of ether oxygens (including phenoxy) is 1. The number of phosphoric acid groups is 3. The van der Waals surface area contributed by atoms with E-state index in [1.54, 1.807) is 6.92 Å². The quantitative estimate of drug-likeness (QED) is 0.125. The molecule has 1 aliphatic heterocycles. The van der Waals surface area contributed by atoms with Crippen LogP contribution >= 0.6 is 35.7 Å². The number of aromatic amines is 1. The highest BCUT2D eigenvalue weighted by Gasteiger charge is 2.58. The zero-order valence-corrected chi connectivity index (χ0v) is 21.1.